The van der Waals surface area contributed by atoms with Crippen LogP contribution in [0.25, 0.3) is 21.2 Å². The van der Waals surface area contributed by atoms with Gasteiger partial charge in [-0.25, -0.2) is 0 Å². The molecular weight excluding hydrogens is 792 g/mol. The van der Waals surface area contributed by atoms with Gasteiger partial charge in [-0.05, 0) is 171 Å². The highest BCUT2D eigenvalue weighted by molar-refractivity contribution is 7.32. The van der Waals surface area contributed by atoms with Crippen LogP contribution in [0.3, 0.4) is 0 Å². The third-order valence-electron chi connectivity index (χ3n) is 16.0. The number of benzene rings is 5. The molecule has 4 heteroatoms. The summed E-state index contributed by atoms with van der Waals surface area (Å²) in [4.78, 5) is 5.26. The van der Waals surface area contributed by atoms with Gasteiger partial charge in [0.25, 0.3) is 6.71 Å². The molecule has 0 unspecified atom stereocenters. The molecular formula is C60H67BN2S. The van der Waals surface area contributed by atoms with Crippen LogP contribution in [0.5, 0.6) is 0 Å². The van der Waals surface area contributed by atoms with Crippen LogP contribution in [-0.2, 0) is 21.7 Å². The highest BCUT2D eigenvalue weighted by atomic mass is 32.1. The van der Waals surface area contributed by atoms with Gasteiger partial charge in [-0.2, -0.15) is 0 Å². The average molecular weight is 859 g/mol. The van der Waals surface area contributed by atoms with Gasteiger partial charge in [0.1, 0.15) is 0 Å². The largest absolute Gasteiger partial charge is 0.312 e. The summed E-state index contributed by atoms with van der Waals surface area (Å²) in [7, 11) is 0. The maximum absolute atomic E-state index is 4.59. The smallest absolute Gasteiger partial charge is 0.259 e. The Kier molecular flexibility index (Phi) is 9.69. The second kappa shape index (κ2) is 14.5. The molecule has 2 nitrogen and oxygen atoms in total. The van der Waals surface area contributed by atoms with Crippen LogP contribution in [0.15, 0.2) is 133 Å². The van der Waals surface area contributed by atoms with Crippen molar-refractivity contribution >= 4 is 66.8 Å². The van der Waals surface area contributed by atoms with Crippen molar-refractivity contribution in [3.63, 3.8) is 0 Å². The molecule has 0 saturated carbocycles. The first-order chi connectivity index (χ1) is 30.1. The number of nitrogens with zero attached hydrogens (tertiary/aromatic N) is 2. The summed E-state index contributed by atoms with van der Waals surface area (Å²) in [6.07, 6.45) is 9.43. The molecule has 10 rings (SSSR count). The minimum Gasteiger partial charge on any atom is -0.312 e. The van der Waals surface area contributed by atoms with Crippen LogP contribution < -0.4 is 20.0 Å². The van der Waals surface area contributed by atoms with Crippen LogP contribution >= 0.6 is 11.3 Å². The second-order valence-corrected chi connectivity index (χ2v) is 24.5. The molecule has 3 heterocycles. The van der Waals surface area contributed by atoms with E-state index in [0.29, 0.717) is 0 Å². The summed E-state index contributed by atoms with van der Waals surface area (Å²) in [5.74, 6) is 0. The van der Waals surface area contributed by atoms with Gasteiger partial charge in [0, 0.05) is 43.3 Å². The molecule has 0 spiro atoms. The highest BCUT2D eigenvalue weighted by Crippen LogP contribution is 2.54. The number of anilines is 5. The van der Waals surface area contributed by atoms with Crippen molar-refractivity contribution in [1.82, 2.24) is 0 Å². The Morgan fingerprint density at radius 3 is 1.77 bits per heavy atom. The van der Waals surface area contributed by atoms with Crippen molar-refractivity contribution in [2.45, 2.75) is 137 Å². The molecule has 0 N–H and O–H groups in total. The second-order valence-electron chi connectivity index (χ2n) is 23.4. The number of aryl methyl sites for hydroxylation is 1. The van der Waals surface area contributed by atoms with Crippen LogP contribution in [0.1, 0.15) is 137 Å². The number of hydrogen-bond acceptors (Lipinski definition) is 3. The molecule has 0 bridgehead atoms. The highest BCUT2D eigenvalue weighted by Gasteiger charge is 2.47. The minimum absolute atomic E-state index is 0.0488. The van der Waals surface area contributed by atoms with E-state index in [0.717, 1.165) is 11.3 Å². The first kappa shape index (κ1) is 42.9. The van der Waals surface area contributed by atoms with Crippen molar-refractivity contribution in [3.05, 3.63) is 160 Å². The zero-order valence-electron chi connectivity index (χ0n) is 40.8. The predicted molar refractivity (Wildman–Crippen MR) is 281 cm³/mol. The monoisotopic (exact) mass is 859 g/mol. The lowest BCUT2D eigenvalue weighted by atomic mass is 9.36. The number of thiophene rings is 1. The average Bonchev–Trinajstić information content (AvgIpc) is 3.62. The van der Waals surface area contributed by atoms with Crippen molar-refractivity contribution in [1.29, 1.82) is 0 Å². The van der Waals surface area contributed by atoms with Crippen molar-refractivity contribution < 1.29 is 0 Å². The Labute approximate surface area is 388 Å². The molecule has 0 fully saturated rings. The molecule has 0 radical (unpaired) electrons. The van der Waals surface area contributed by atoms with Crippen molar-refractivity contribution in [2.75, 3.05) is 9.80 Å². The van der Waals surface area contributed by atoms with Crippen LogP contribution in [0, 0.1) is 12.3 Å². The van der Waals surface area contributed by atoms with E-state index in [4.69, 9.17) is 0 Å². The van der Waals surface area contributed by atoms with E-state index in [1.807, 2.05) is 11.3 Å². The number of allylic oxidation sites excluding steroid dienone is 4. The topological polar surface area (TPSA) is 6.48 Å². The summed E-state index contributed by atoms with van der Waals surface area (Å²) in [6, 6.07) is 37.7. The summed E-state index contributed by atoms with van der Waals surface area (Å²) < 4.78 is 2.84. The van der Waals surface area contributed by atoms with Crippen molar-refractivity contribution in [3.8, 4) is 11.1 Å². The van der Waals surface area contributed by atoms with E-state index in [1.54, 1.807) is 0 Å². The van der Waals surface area contributed by atoms with E-state index < -0.39 is 0 Å². The van der Waals surface area contributed by atoms with Crippen LogP contribution in [-0.4, -0.2) is 6.71 Å². The number of fused-ring (bicyclic) bond motifs is 6. The third kappa shape index (κ3) is 6.71. The zero-order chi connectivity index (χ0) is 45.5. The molecule has 2 aliphatic heterocycles. The van der Waals surface area contributed by atoms with Gasteiger partial charge in [0.15, 0.2) is 0 Å². The summed E-state index contributed by atoms with van der Waals surface area (Å²) in [5.41, 5.74) is 21.6. The number of rotatable bonds is 5. The van der Waals surface area contributed by atoms with Gasteiger partial charge in [-0.1, -0.05) is 143 Å². The molecule has 4 aliphatic rings. The molecule has 6 aromatic rings. The maximum Gasteiger partial charge on any atom is 0.259 e. The van der Waals surface area contributed by atoms with Gasteiger partial charge in [0.05, 0.1) is 5.69 Å². The Morgan fingerprint density at radius 1 is 0.625 bits per heavy atom. The van der Waals surface area contributed by atoms with Crippen molar-refractivity contribution in [2.24, 2.45) is 5.41 Å². The quantitative estimate of drug-likeness (QED) is 0.126. The molecule has 2 aliphatic carbocycles. The first-order valence-electron chi connectivity index (χ1n) is 23.8. The molecule has 326 valence electrons. The summed E-state index contributed by atoms with van der Waals surface area (Å²) >= 11 is 2.04. The molecule has 5 aromatic carbocycles. The summed E-state index contributed by atoms with van der Waals surface area (Å²) in [6.45, 7) is 35.9. The van der Waals surface area contributed by atoms with Gasteiger partial charge in [-0.3, -0.25) is 0 Å². The van der Waals surface area contributed by atoms with E-state index >= 15 is 0 Å². The Bertz CT molecular complexity index is 2960. The zero-order valence-corrected chi connectivity index (χ0v) is 41.6. The van der Waals surface area contributed by atoms with Gasteiger partial charge < -0.3 is 9.80 Å². The number of hydrogen-bond donors (Lipinski definition) is 0. The summed E-state index contributed by atoms with van der Waals surface area (Å²) in [5, 5.41) is 1.39. The predicted octanol–water partition coefficient (Wildman–Crippen LogP) is 16.1. The molecule has 0 atom stereocenters. The fourth-order valence-corrected chi connectivity index (χ4v) is 12.9. The van der Waals surface area contributed by atoms with E-state index in [2.05, 4.69) is 216 Å². The third-order valence-corrected chi connectivity index (χ3v) is 17.2. The lowest BCUT2D eigenvalue weighted by molar-refractivity contribution is 0.332. The fraction of sp³-hybridized carbons (Fsp3) is 0.367. The fourth-order valence-electron chi connectivity index (χ4n) is 11.5. The molecule has 0 amide bonds. The van der Waals surface area contributed by atoms with E-state index in [1.165, 1.54) is 119 Å². The Morgan fingerprint density at radius 2 is 1.16 bits per heavy atom. The lowest BCUT2D eigenvalue weighted by Gasteiger charge is -2.45. The van der Waals surface area contributed by atoms with E-state index in [-0.39, 0.29) is 33.8 Å². The SMILES string of the molecule is C=C(/C=C\C1=C(C)B2c3sc4cc5c(cc4c3N(c3ccc4c(c3)C(C)(C)CCC4(C)C)c3cc(C)cc(c32)N1c1ccc(-c2ccccc2)cc1)C(C)(C)CCC5(C)C)C(C)(C)C. The molecule has 0 saturated heterocycles. The molecule has 64 heavy (non-hydrogen) atoms. The Hall–Kier alpha value is -5.06. The first-order valence-corrected chi connectivity index (χ1v) is 24.6. The van der Waals surface area contributed by atoms with Crippen LogP contribution in [0.4, 0.5) is 28.4 Å². The van der Waals surface area contributed by atoms with E-state index in [9.17, 15) is 0 Å². The maximum atomic E-state index is 4.59. The normalized spacial score (nSPS) is 19.1. The van der Waals surface area contributed by atoms with Gasteiger partial charge in [0.2, 0.25) is 0 Å². The van der Waals surface area contributed by atoms with Crippen LogP contribution in [0.2, 0.25) is 0 Å². The lowest BCUT2D eigenvalue weighted by Crippen LogP contribution is -2.54. The molecule has 1 aromatic heterocycles. The standard InChI is InChI=1S/C60H67BN2S/c1-37-32-50-53-51(33-37)63(43-25-26-45-46(34-43)58(9,10)29-28-57(45,7)8)54-44-35-47-48(60(13,14)31-30-59(47,11)12)36-52(44)64-55(54)61(53)39(3)49(27-20-38(2)56(4,5)6)62(50)42-23-21-41(22-24-42)40-18-16-15-17-19-40/h15-27,32-36H,2,28-31H2,1,3-14H3/b27-20-. The van der Waals surface area contributed by atoms with Gasteiger partial charge in [-0.15, -0.1) is 11.3 Å². The Balaban J connectivity index is 1.29. The minimum atomic E-state index is -0.0488. The van der Waals surface area contributed by atoms with Gasteiger partial charge >= 0.3 is 0 Å².